The Labute approximate surface area is 197 Å². The number of nitrogen functional groups attached to an aromatic ring is 1. The van der Waals surface area contributed by atoms with Crippen molar-refractivity contribution in [1.82, 2.24) is 14.8 Å². The van der Waals surface area contributed by atoms with Crippen molar-refractivity contribution in [2.24, 2.45) is 0 Å². The summed E-state index contributed by atoms with van der Waals surface area (Å²) in [5.74, 6) is 1.31. The van der Waals surface area contributed by atoms with Crippen molar-refractivity contribution in [1.29, 1.82) is 0 Å². The molecule has 0 radical (unpaired) electrons. The molecular formula is C25H28FN5O3. The van der Waals surface area contributed by atoms with E-state index in [1.165, 1.54) is 12.1 Å². The number of rotatable bonds is 10. The first kappa shape index (κ1) is 23.3. The number of pyridine rings is 1. The fraction of sp³-hybridized carbons (Fsp3) is 0.280. The van der Waals surface area contributed by atoms with Gasteiger partial charge in [-0.1, -0.05) is 12.1 Å². The molecule has 0 fully saturated rings. The van der Waals surface area contributed by atoms with E-state index in [0.29, 0.717) is 48.0 Å². The number of nitrogens with two attached hydrogens (primary N) is 1. The highest BCUT2D eigenvalue weighted by atomic mass is 19.1. The van der Waals surface area contributed by atoms with Gasteiger partial charge in [0.05, 0.1) is 20.3 Å². The highest BCUT2D eigenvalue weighted by Gasteiger charge is 2.20. The lowest BCUT2D eigenvalue weighted by molar-refractivity contribution is 0.141. The Morgan fingerprint density at radius 3 is 2.62 bits per heavy atom. The molecule has 2 aromatic heterocycles. The van der Waals surface area contributed by atoms with Gasteiger partial charge in [-0.25, -0.2) is 14.1 Å². The van der Waals surface area contributed by atoms with Crippen molar-refractivity contribution in [3.8, 4) is 17.2 Å². The van der Waals surface area contributed by atoms with Gasteiger partial charge < -0.3 is 25.3 Å². The molecule has 2 heterocycles. The summed E-state index contributed by atoms with van der Waals surface area (Å²) < 4.78 is 33.0. The summed E-state index contributed by atoms with van der Waals surface area (Å²) in [6, 6.07) is 13.7. The molecule has 178 valence electrons. The maximum atomic E-state index is 14.5. The van der Waals surface area contributed by atoms with Gasteiger partial charge in [0.25, 0.3) is 0 Å². The Morgan fingerprint density at radius 1 is 1.12 bits per heavy atom. The second-order valence-electron chi connectivity index (χ2n) is 7.86. The average Bonchev–Trinajstić information content (AvgIpc) is 3.17. The van der Waals surface area contributed by atoms with Crippen molar-refractivity contribution in [3.63, 3.8) is 0 Å². The van der Waals surface area contributed by atoms with Crippen molar-refractivity contribution in [2.45, 2.75) is 26.4 Å². The maximum Gasteiger partial charge on any atom is 0.167 e. The first-order valence-electron chi connectivity index (χ1n) is 11.0. The van der Waals surface area contributed by atoms with E-state index in [9.17, 15) is 4.39 Å². The van der Waals surface area contributed by atoms with E-state index in [1.54, 1.807) is 30.1 Å². The fourth-order valence-electron chi connectivity index (χ4n) is 3.56. The first-order valence-corrected chi connectivity index (χ1v) is 11.0. The van der Waals surface area contributed by atoms with Crippen LogP contribution in [0.5, 0.6) is 17.2 Å². The summed E-state index contributed by atoms with van der Waals surface area (Å²) in [7, 11) is 1.63. The van der Waals surface area contributed by atoms with Gasteiger partial charge in [-0.15, -0.1) is 0 Å². The van der Waals surface area contributed by atoms with Gasteiger partial charge in [-0.2, -0.15) is 5.10 Å². The number of aromatic nitrogens is 3. The van der Waals surface area contributed by atoms with Crippen LogP contribution in [0.25, 0.3) is 11.0 Å². The summed E-state index contributed by atoms with van der Waals surface area (Å²) in [5.41, 5.74) is 7.63. The standard InChI is InChI=1S/C25H28FN5O3/c1-4-33-15-16(2)29-24-23-22(34-21-10-7-18(27)13-20(21)26)11-12-28-25(23)31(30-24)14-17-5-8-19(32-3)9-6-17/h5-13,16H,4,14-15,27H2,1-3H3,(H,29,30)/t16-/m0/s1. The lowest BCUT2D eigenvalue weighted by atomic mass is 10.2. The number of hydrogen-bond donors (Lipinski definition) is 2. The number of benzene rings is 2. The molecule has 9 heteroatoms. The van der Waals surface area contributed by atoms with Crippen LogP contribution >= 0.6 is 0 Å². The van der Waals surface area contributed by atoms with E-state index in [0.717, 1.165) is 11.3 Å². The number of fused-ring (bicyclic) bond motifs is 1. The molecule has 4 rings (SSSR count). The largest absolute Gasteiger partial charge is 0.497 e. The molecule has 2 aromatic carbocycles. The minimum absolute atomic E-state index is 0.0196. The van der Waals surface area contributed by atoms with E-state index < -0.39 is 5.82 Å². The minimum atomic E-state index is -0.546. The van der Waals surface area contributed by atoms with Gasteiger partial charge in [0.2, 0.25) is 0 Å². The summed E-state index contributed by atoms with van der Waals surface area (Å²) in [5, 5.41) is 8.81. The van der Waals surface area contributed by atoms with Crippen LogP contribution in [-0.4, -0.2) is 41.1 Å². The topological polar surface area (TPSA) is 96.5 Å². The zero-order valence-electron chi connectivity index (χ0n) is 19.4. The van der Waals surface area contributed by atoms with Crippen LogP contribution in [0.2, 0.25) is 0 Å². The van der Waals surface area contributed by atoms with Crippen LogP contribution in [0.4, 0.5) is 15.9 Å². The summed E-state index contributed by atoms with van der Waals surface area (Å²) in [4.78, 5) is 4.55. The first-order chi connectivity index (χ1) is 16.5. The SMILES string of the molecule is CCOC[C@H](C)Nc1nn(Cc2ccc(OC)cc2)c2nccc(Oc3ccc(N)cc3F)c12. The van der Waals surface area contributed by atoms with Crippen molar-refractivity contribution < 1.29 is 18.6 Å². The quantitative estimate of drug-likeness (QED) is 0.324. The second-order valence-corrected chi connectivity index (χ2v) is 7.86. The Morgan fingerprint density at radius 2 is 1.91 bits per heavy atom. The molecule has 8 nitrogen and oxygen atoms in total. The molecule has 0 aliphatic carbocycles. The van der Waals surface area contributed by atoms with Crippen molar-refractivity contribution in [2.75, 3.05) is 31.4 Å². The molecule has 0 unspecified atom stereocenters. The van der Waals surface area contributed by atoms with E-state index in [-0.39, 0.29) is 11.8 Å². The highest BCUT2D eigenvalue weighted by Crippen LogP contribution is 2.35. The van der Waals surface area contributed by atoms with Gasteiger partial charge in [0.1, 0.15) is 16.9 Å². The summed E-state index contributed by atoms with van der Waals surface area (Å²) >= 11 is 0. The van der Waals surface area contributed by atoms with Crippen molar-refractivity contribution in [3.05, 3.63) is 66.1 Å². The van der Waals surface area contributed by atoms with E-state index in [1.807, 2.05) is 38.1 Å². The third kappa shape index (κ3) is 5.20. The van der Waals surface area contributed by atoms with Crippen molar-refractivity contribution >= 4 is 22.5 Å². The lowest BCUT2D eigenvalue weighted by Gasteiger charge is -2.14. The Bertz CT molecular complexity index is 1260. The minimum Gasteiger partial charge on any atom is -0.497 e. The van der Waals surface area contributed by atoms with Crippen LogP contribution in [0.1, 0.15) is 19.4 Å². The molecule has 0 aliphatic rings. The van der Waals surface area contributed by atoms with E-state index in [4.69, 9.17) is 25.0 Å². The van der Waals surface area contributed by atoms with Gasteiger partial charge in [0.15, 0.2) is 23.0 Å². The maximum absolute atomic E-state index is 14.5. The molecule has 3 N–H and O–H groups in total. The molecule has 0 bridgehead atoms. The Balaban J connectivity index is 1.74. The molecule has 1 atom stereocenters. The normalized spacial score (nSPS) is 12.0. The zero-order valence-corrected chi connectivity index (χ0v) is 19.4. The molecule has 0 spiro atoms. The molecule has 34 heavy (non-hydrogen) atoms. The summed E-state index contributed by atoms with van der Waals surface area (Å²) in [6.45, 7) is 5.55. The zero-order chi connectivity index (χ0) is 24.1. The van der Waals surface area contributed by atoms with E-state index in [2.05, 4.69) is 10.3 Å². The van der Waals surface area contributed by atoms with Gasteiger partial charge in [-0.3, -0.25) is 0 Å². The third-order valence-electron chi connectivity index (χ3n) is 5.22. The molecule has 4 aromatic rings. The highest BCUT2D eigenvalue weighted by molar-refractivity contribution is 5.93. The second kappa shape index (κ2) is 10.4. The molecule has 0 saturated carbocycles. The smallest absolute Gasteiger partial charge is 0.167 e. The molecule has 0 aliphatic heterocycles. The fourth-order valence-corrected chi connectivity index (χ4v) is 3.56. The van der Waals surface area contributed by atoms with Crippen LogP contribution in [0.3, 0.4) is 0 Å². The van der Waals surface area contributed by atoms with Crippen LogP contribution in [0.15, 0.2) is 54.7 Å². The number of nitrogens with zero attached hydrogens (tertiary/aromatic N) is 3. The van der Waals surface area contributed by atoms with Gasteiger partial charge in [-0.05, 0) is 43.7 Å². The number of methoxy groups -OCH3 is 1. The predicted molar refractivity (Wildman–Crippen MR) is 130 cm³/mol. The molecular weight excluding hydrogens is 437 g/mol. The van der Waals surface area contributed by atoms with Gasteiger partial charge in [0, 0.05) is 36.7 Å². The third-order valence-corrected chi connectivity index (χ3v) is 5.22. The van der Waals surface area contributed by atoms with E-state index >= 15 is 0 Å². The predicted octanol–water partition coefficient (Wildman–Crippen LogP) is 4.84. The van der Waals surface area contributed by atoms with Crippen LogP contribution in [0, 0.1) is 5.82 Å². The number of ether oxygens (including phenoxy) is 3. The summed E-state index contributed by atoms with van der Waals surface area (Å²) in [6.07, 6.45) is 1.62. The molecule has 0 saturated heterocycles. The molecule has 0 amide bonds. The van der Waals surface area contributed by atoms with Crippen LogP contribution in [-0.2, 0) is 11.3 Å². The number of nitrogens with one attached hydrogen (secondary N) is 1. The lowest BCUT2D eigenvalue weighted by Crippen LogP contribution is -2.22. The number of hydrogen-bond acceptors (Lipinski definition) is 7. The van der Waals surface area contributed by atoms with Gasteiger partial charge >= 0.3 is 0 Å². The Kier molecular flexibility index (Phi) is 7.12. The number of halogens is 1. The monoisotopic (exact) mass is 465 g/mol. The average molecular weight is 466 g/mol. The number of anilines is 2. The van der Waals surface area contributed by atoms with Crippen LogP contribution < -0.4 is 20.5 Å². The Hall–Kier alpha value is -3.85.